The molecule has 1 saturated heterocycles. The van der Waals surface area contributed by atoms with Gasteiger partial charge in [-0.3, -0.25) is 9.69 Å². The van der Waals surface area contributed by atoms with E-state index >= 15 is 0 Å². The lowest BCUT2D eigenvalue weighted by molar-refractivity contribution is 0.0624. The molecule has 3 rings (SSSR count). The molecule has 0 aliphatic carbocycles. The monoisotopic (exact) mass is 363 g/mol. The molecule has 0 unspecified atom stereocenters. The highest BCUT2D eigenvalue weighted by atomic mass is 32.2. The van der Waals surface area contributed by atoms with Crippen molar-refractivity contribution in [1.29, 1.82) is 0 Å². The molecule has 0 N–H and O–H groups in total. The van der Waals surface area contributed by atoms with E-state index in [2.05, 4.69) is 22.0 Å². The first-order valence-corrected chi connectivity index (χ1v) is 8.97. The van der Waals surface area contributed by atoms with E-state index in [0.29, 0.717) is 24.9 Å². The third-order valence-corrected chi connectivity index (χ3v) is 4.84. The number of hydrogen-bond donors (Lipinski definition) is 0. The summed E-state index contributed by atoms with van der Waals surface area (Å²) < 4.78 is 25.3. The van der Waals surface area contributed by atoms with Crippen LogP contribution in [-0.2, 0) is 6.54 Å². The molecular formula is C18H19F2N3OS. The highest BCUT2D eigenvalue weighted by Gasteiger charge is 2.25. The zero-order chi connectivity index (χ0) is 17.6. The van der Waals surface area contributed by atoms with Gasteiger partial charge in [0.2, 0.25) is 0 Å². The molecule has 1 aliphatic heterocycles. The number of halogens is 2. The van der Waals surface area contributed by atoms with Crippen molar-refractivity contribution in [3.63, 3.8) is 0 Å². The molecule has 2 heterocycles. The Morgan fingerprint density at radius 3 is 2.48 bits per heavy atom. The maximum Gasteiger partial charge on any atom is 0.290 e. The van der Waals surface area contributed by atoms with E-state index in [1.54, 1.807) is 17.0 Å². The van der Waals surface area contributed by atoms with Gasteiger partial charge in [-0.1, -0.05) is 30.3 Å². The molecule has 25 heavy (non-hydrogen) atoms. The molecule has 4 nitrogen and oxygen atoms in total. The van der Waals surface area contributed by atoms with E-state index in [4.69, 9.17) is 0 Å². The number of thioether (sulfide) groups is 1. The van der Waals surface area contributed by atoms with Crippen molar-refractivity contribution in [2.75, 3.05) is 26.2 Å². The number of rotatable bonds is 5. The van der Waals surface area contributed by atoms with Crippen LogP contribution < -0.4 is 0 Å². The second kappa shape index (κ2) is 8.40. The number of carbonyl (C=O) groups is 1. The van der Waals surface area contributed by atoms with E-state index in [9.17, 15) is 13.6 Å². The molecule has 1 fully saturated rings. The van der Waals surface area contributed by atoms with Gasteiger partial charge in [-0.25, -0.2) is 4.98 Å². The van der Waals surface area contributed by atoms with Gasteiger partial charge in [-0.15, -0.1) is 0 Å². The summed E-state index contributed by atoms with van der Waals surface area (Å²) in [6, 6.07) is 13.4. The summed E-state index contributed by atoms with van der Waals surface area (Å²) in [5.41, 5.74) is 1.49. The predicted molar refractivity (Wildman–Crippen MR) is 93.7 cm³/mol. The maximum atomic E-state index is 12.7. The number of carbonyl (C=O) groups excluding carboxylic acids is 1. The Bertz CT molecular complexity index is 706. The quantitative estimate of drug-likeness (QED) is 0.764. The molecule has 2 aromatic rings. The van der Waals surface area contributed by atoms with Crippen LogP contribution >= 0.6 is 11.8 Å². The van der Waals surface area contributed by atoms with Crippen molar-refractivity contribution < 1.29 is 13.6 Å². The molecule has 0 radical (unpaired) electrons. The van der Waals surface area contributed by atoms with Crippen LogP contribution in [0.25, 0.3) is 0 Å². The van der Waals surface area contributed by atoms with Gasteiger partial charge in [0.1, 0.15) is 5.03 Å². The Hall–Kier alpha value is -1.99. The van der Waals surface area contributed by atoms with E-state index in [-0.39, 0.29) is 16.5 Å². The number of alkyl halides is 2. The lowest BCUT2D eigenvalue weighted by Crippen LogP contribution is -2.48. The van der Waals surface area contributed by atoms with Crippen LogP contribution in [0.1, 0.15) is 15.9 Å². The normalized spacial score (nSPS) is 15.6. The highest BCUT2D eigenvalue weighted by molar-refractivity contribution is 7.99. The minimum Gasteiger partial charge on any atom is -0.336 e. The standard InChI is InChI=1S/C18H19F2N3OS/c19-18(20)25-16-15(7-4-8-21-16)17(24)23-11-9-22(10-12-23)13-14-5-2-1-3-6-14/h1-8,18H,9-13H2. The van der Waals surface area contributed by atoms with Gasteiger partial charge in [0.15, 0.2) is 0 Å². The SMILES string of the molecule is O=C(c1cccnc1SC(F)F)N1CCN(Cc2ccccc2)CC1. The first-order chi connectivity index (χ1) is 12.1. The Balaban J connectivity index is 1.60. The number of amides is 1. The highest BCUT2D eigenvalue weighted by Crippen LogP contribution is 2.27. The van der Waals surface area contributed by atoms with Gasteiger partial charge in [-0.2, -0.15) is 8.78 Å². The largest absolute Gasteiger partial charge is 0.336 e. The molecule has 0 bridgehead atoms. The molecule has 1 aromatic carbocycles. The number of aromatic nitrogens is 1. The van der Waals surface area contributed by atoms with Crippen molar-refractivity contribution in [2.45, 2.75) is 17.3 Å². The summed E-state index contributed by atoms with van der Waals surface area (Å²) in [7, 11) is 0. The van der Waals surface area contributed by atoms with Gasteiger partial charge in [-0.05, 0) is 29.5 Å². The zero-order valence-corrected chi connectivity index (χ0v) is 14.5. The first kappa shape index (κ1) is 17.8. The van der Waals surface area contributed by atoms with Crippen LogP contribution in [-0.4, -0.2) is 52.6 Å². The first-order valence-electron chi connectivity index (χ1n) is 8.09. The number of benzene rings is 1. The van der Waals surface area contributed by atoms with Gasteiger partial charge in [0, 0.05) is 38.9 Å². The summed E-state index contributed by atoms with van der Waals surface area (Å²) >= 11 is 0.317. The van der Waals surface area contributed by atoms with Crippen molar-refractivity contribution in [3.05, 3.63) is 59.8 Å². The average Bonchev–Trinajstić information content (AvgIpc) is 2.63. The van der Waals surface area contributed by atoms with Crippen LogP contribution in [0.2, 0.25) is 0 Å². The number of hydrogen-bond acceptors (Lipinski definition) is 4. The third kappa shape index (κ3) is 4.76. The van der Waals surface area contributed by atoms with Gasteiger partial charge in [0.25, 0.3) is 11.7 Å². The Labute approximate surface area is 149 Å². The summed E-state index contributed by atoms with van der Waals surface area (Å²) in [4.78, 5) is 20.6. The Morgan fingerprint density at radius 2 is 1.80 bits per heavy atom. The van der Waals surface area contributed by atoms with Gasteiger partial charge < -0.3 is 4.90 Å². The average molecular weight is 363 g/mol. The molecule has 132 valence electrons. The smallest absolute Gasteiger partial charge is 0.290 e. The minimum absolute atomic E-state index is 0.0919. The van der Waals surface area contributed by atoms with Crippen LogP contribution in [0.4, 0.5) is 8.78 Å². The Morgan fingerprint density at radius 1 is 1.08 bits per heavy atom. The van der Waals surface area contributed by atoms with E-state index in [0.717, 1.165) is 19.6 Å². The van der Waals surface area contributed by atoms with E-state index < -0.39 is 5.76 Å². The molecule has 0 atom stereocenters. The molecular weight excluding hydrogens is 344 g/mol. The lowest BCUT2D eigenvalue weighted by atomic mass is 10.2. The molecule has 0 saturated carbocycles. The van der Waals surface area contributed by atoms with Crippen molar-refractivity contribution >= 4 is 17.7 Å². The second-order valence-electron chi connectivity index (χ2n) is 5.79. The molecule has 7 heteroatoms. The number of piperazine rings is 1. The van der Waals surface area contributed by atoms with Crippen molar-refractivity contribution in [2.24, 2.45) is 0 Å². The van der Waals surface area contributed by atoms with Crippen molar-refractivity contribution in [1.82, 2.24) is 14.8 Å². The van der Waals surface area contributed by atoms with Crippen LogP contribution in [0.3, 0.4) is 0 Å². The van der Waals surface area contributed by atoms with Crippen LogP contribution in [0.5, 0.6) is 0 Å². The third-order valence-electron chi connectivity index (χ3n) is 4.11. The maximum absolute atomic E-state index is 12.7. The van der Waals surface area contributed by atoms with Crippen LogP contribution in [0, 0.1) is 0 Å². The number of pyridine rings is 1. The van der Waals surface area contributed by atoms with Gasteiger partial charge >= 0.3 is 0 Å². The number of nitrogens with zero attached hydrogens (tertiary/aromatic N) is 3. The summed E-state index contributed by atoms with van der Waals surface area (Å²) in [5.74, 6) is -2.82. The van der Waals surface area contributed by atoms with Gasteiger partial charge in [0.05, 0.1) is 5.56 Å². The summed E-state index contributed by atoms with van der Waals surface area (Å²) in [5, 5.41) is 0.0919. The molecule has 1 aliphatic rings. The van der Waals surface area contributed by atoms with E-state index in [1.807, 2.05) is 18.2 Å². The van der Waals surface area contributed by atoms with Crippen molar-refractivity contribution in [3.8, 4) is 0 Å². The molecule has 1 amide bonds. The molecule has 1 aromatic heterocycles. The summed E-state index contributed by atoms with van der Waals surface area (Å²) in [6.07, 6.45) is 1.43. The predicted octanol–water partition coefficient (Wildman–Crippen LogP) is 3.35. The summed E-state index contributed by atoms with van der Waals surface area (Å²) in [6.45, 7) is 3.54. The fraction of sp³-hybridized carbons (Fsp3) is 0.333. The lowest BCUT2D eigenvalue weighted by Gasteiger charge is -2.35. The topological polar surface area (TPSA) is 36.4 Å². The molecule has 0 spiro atoms. The minimum atomic E-state index is -2.59. The zero-order valence-electron chi connectivity index (χ0n) is 13.6. The Kier molecular flexibility index (Phi) is 5.99. The van der Waals surface area contributed by atoms with Crippen LogP contribution in [0.15, 0.2) is 53.7 Å². The van der Waals surface area contributed by atoms with E-state index in [1.165, 1.54) is 11.8 Å². The fourth-order valence-corrected chi connectivity index (χ4v) is 3.43. The fourth-order valence-electron chi connectivity index (χ4n) is 2.85. The second-order valence-corrected chi connectivity index (χ2v) is 6.77.